The van der Waals surface area contributed by atoms with Gasteiger partial charge < -0.3 is 15.5 Å². The summed E-state index contributed by atoms with van der Waals surface area (Å²) in [4.78, 5) is 28.1. The van der Waals surface area contributed by atoms with Crippen LogP contribution in [0.5, 0.6) is 0 Å². The molecule has 3 fully saturated rings. The fraction of sp³-hybridized carbons (Fsp3) is 0.619. The number of nitrogens with zero attached hydrogens (tertiary/aromatic N) is 1. The van der Waals surface area contributed by atoms with Crippen molar-refractivity contribution in [2.24, 2.45) is 5.92 Å². The van der Waals surface area contributed by atoms with Crippen molar-refractivity contribution in [3.8, 4) is 0 Å². The van der Waals surface area contributed by atoms with Crippen LogP contribution in [0.15, 0.2) is 30.3 Å². The normalized spacial score (nSPS) is 30.8. The van der Waals surface area contributed by atoms with Crippen molar-refractivity contribution in [2.75, 3.05) is 13.1 Å². The van der Waals surface area contributed by atoms with E-state index in [-0.39, 0.29) is 23.9 Å². The average Bonchev–Trinajstić information content (AvgIpc) is 3.34. The maximum absolute atomic E-state index is 13.2. The lowest BCUT2D eigenvalue weighted by atomic mass is 9.84. The molecule has 0 aromatic heterocycles. The summed E-state index contributed by atoms with van der Waals surface area (Å²) >= 11 is 0. The molecule has 4 rings (SSSR count). The zero-order valence-electron chi connectivity index (χ0n) is 15.3. The Morgan fingerprint density at radius 1 is 1.08 bits per heavy atom. The van der Waals surface area contributed by atoms with E-state index in [9.17, 15) is 9.59 Å². The molecule has 2 heterocycles. The van der Waals surface area contributed by atoms with E-state index in [0.717, 1.165) is 38.6 Å². The summed E-state index contributed by atoms with van der Waals surface area (Å²) in [7, 11) is 0. The average molecular weight is 355 g/mol. The Balaban J connectivity index is 1.50. The SMILES string of the molecule is O=C(NCC1CCCN1)C1CC2CCCCC2N1C(=O)c1ccccc1. The molecule has 1 saturated carbocycles. The minimum Gasteiger partial charge on any atom is -0.353 e. The lowest BCUT2D eigenvalue weighted by Gasteiger charge is -2.33. The number of nitrogens with one attached hydrogen (secondary N) is 2. The molecule has 0 radical (unpaired) electrons. The fourth-order valence-electron chi connectivity index (χ4n) is 4.99. The van der Waals surface area contributed by atoms with Crippen LogP contribution in [0.3, 0.4) is 0 Å². The van der Waals surface area contributed by atoms with Gasteiger partial charge in [0.05, 0.1) is 0 Å². The Kier molecular flexibility index (Phi) is 5.25. The Hall–Kier alpha value is -1.88. The van der Waals surface area contributed by atoms with Crippen LogP contribution in [-0.4, -0.2) is 47.9 Å². The van der Waals surface area contributed by atoms with Crippen LogP contribution in [0, 0.1) is 5.92 Å². The molecule has 2 aliphatic heterocycles. The number of benzene rings is 1. The van der Waals surface area contributed by atoms with Gasteiger partial charge in [-0.3, -0.25) is 9.59 Å². The molecule has 3 aliphatic rings. The standard InChI is InChI=1S/C21H29N3O2/c25-20(23-14-17-10-6-12-22-17)19-13-16-9-4-5-11-18(16)24(19)21(26)15-7-2-1-3-8-15/h1-3,7-8,16-19,22H,4-6,9-14H2,(H,23,25). The van der Waals surface area contributed by atoms with E-state index >= 15 is 0 Å². The van der Waals surface area contributed by atoms with Crippen molar-refractivity contribution in [3.05, 3.63) is 35.9 Å². The first-order chi connectivity index (χ1) is 12.7. The summed E-state index contributed by atoms with van der Waals surface area (Å²) in [6.45, 7) is 1.70. The molecular formula is C21H29N3O2. The van der Waals surface area contributed by atoms with Crippen molar-refractivity contribution < 1.29 is 9.59 Å². The van der Waals surface area contributed by atoms with Gasteiger partial charge in [-0.25, -0.2) is 0 Å². The van der Waals surface area contributed by atoms with Crippen LogP contribution < -0.4 is 10.6 Å². The van der Waals surface area contributed by atoms with Crippen LogP contribution >= 0.6 is 0 Å². The van der Waals surface area contributed by atoms with E-state index in [2.05, 4.69) is 10.6 Å². The van der Waals surface area contributed by atoms with Crippen LogP contribution in [0.25, 0.3) is 0 Å². The number of carbonyl (C=O) groups is 2. The molecule has 2 saturated heterocycles. The van der Waals surface area contributed by atoms with E-state index in [1.54, 1.807) is 0 Å². The second kappa shape index (κ2) is 7.78. The van der Waals surface area contributed by atoms with Crippen molar-refractivity contribution in [1.82, 2.24) is 15.5 Å². The quantitative estimate of drug-likeness (QED) is 0.871. The highest BCUT2D eigenvalue weighted by atomic mass is 16.2. The summed E-state index contributed by atoms with van der Waals surface area (Å²) < 4.78 is 0. The van der Waals surface area contributed by atoms with E-state index in [1.807, 2.05) is 35.2 Å². The third-order valence-electron chi connectivity index (χ3n) is 6.33. The van der Waals surface area contributed by atoms with Crippen molar-refractivity contribution in [3.63, 3.8) is 0 Å². The summed E-state index contributed by atoms with van der Waals surface area (Å²) in [5, 5.41) is 6.53. The zero-order valence-corrected chi connectivity index (χ0v) is 15.3. The fourth-order valence-corrected chi connectivity index (χ4v) is 4.99. The smallest absolute Gasteiger partial charge is 0.254 e. The molecule has 0 spiro atoms. The highest BCUT2D eigenvalue weighted by Gasteiger charge is 2.47. The number of hydrogen-bond acceptors (Lipinski definition) is 3. The Morgan fingerprint density at radius 3 is 2.65 bits per heavy atom. The number of amides is 2. The number of likely N-dealkylation sites (tertiary alicyclic amines) is 1. The van der Waals surface area contributed by atoms with Gasteiger partial charge in [-0.2, -0.15) is 0 Å². The third kappa shape index (κ3) is 3.50. The number of carbonyl (C=O) groups excluding carboxylic acids is 2. The van der Waals surface area contributed by atoms with Crippen LogP contribution in [0.4, 0.5) is 0 Å². The Bertz CT molecular complexity index is 642. The van der Waals surface area contributed by atoms with Gasteiger partial charge in [0, 0.05) is 24.2 Å². The van der Waals surface area contributed by atoms with E-state index < -0.39 is 0 Å². The molecule has 2 N–H and O–H groups in total. The van der Waals surface area contributed by atoms with Crippen molar-refractivity contribution >= 4 is 11.8 Å². The number of fused-ring (bicyclic) bond motifs is 1. The first-order valence-corrected chi connectivity index (χ1v) is 10.1. The Morgan fingerprint density at radius 2 is 1.88 bits per heavy atom. The predicted octanol–water partition coefficient (Wildman–Crippen LogP) is 2.33. The lowest BCUT2D eigenvalue weighted by molar-refractivity contribution is -0.125. The first kappa shape index (κ1) is 17.5. The van der Waals surface area contributed by atoms with Gasteiger partial charge in [0.15, 0.2) is 0 Å². The molecule has 5 nitrogen and oxygen atoms in total. The molecule has 2 amide bonds. The topological polar surface area (TPSA) is 61.4 Å². The third-order valence-corrected chi connectivity index (χ3v) is 6.33. The van der Waals surface area contributed by atoms with Gasteiger partial charge in [0.1, 0.15) is 6.04 Å². The summed E-state index contributed by atoms with van der Waals surface area (Å²) in [5.41, 5.74) is 0.689. The van der Waals surface area contributed by atoms with Crippen molar-refractivity contribution in [2.45, 2.75) is 63.1 Å². The molecule has 1 aromatic rings. The van der Waals surface area contributed by atoms with E-state index in [1.165, 1.54) is 12.8 Å². The first-order valence-electron chi connectivity index (χ1n) is 10.1. The zero-order chi connectivity index (χ0) is 17.9. The van der Waals surface area contributed by atoms with Gasteiger partial charge in [-0.15, -0.1) is 0 Å². The monoisotopic (exact) mass is 355 g/mol. The Labute approximate surface area is 155 Å². The summed E-state index contributed by atoms with van der Waals surface area (Å²) in [6, 6.07) is 9.69. The van der Waals surface area contributed by atoms with E-state index in [0.29, 0.717) is 24.1 Å². The largest absolute Gasteiger partial charge is 0.353 e. The van der Waals surface area contributed by atoms with Crippen LogP contribution in [0.1, 0.15) is 55.3 Å². The van der Waals surface area contributed by atoms with Gasteiger partial charge >= 0.3 is 0 Å². The van der Waals surface area contributed by atoms with Crippen molar-refractivity contribution in [1.29, 1.82) is 0 Å². The van der Waals surface area contributed by atoms with Crippen LogP contribution in [0.2, 0.25) is 0 Å². The molecule has 1 aromatic carbocycles. The highest BCUT2D eigenvalue weighted by Crippen LogP contribution is 2.40. The lowest BCUT2D eigenvalue weighted by Crippen LogP contribution is -2.51. The molecule has 26 heavy (non-hydrogen) atoms. The van der Waals surface area contributed by atoms with Gasteiger partial charge in [0.2, 0.25) is 5.91 Å². The minimum absolute atomic E-state index is 0.0131. The molecular weight excluding hydrogens is 326 g/mol. The predicted molar refractivity (Wildman–Crippen MR) is 101 cm³/mol. The maximum Gasteiger partial charge on any atom is 0.254 e. The van der Waals surface area contributed by atoms with Gasteiger partial charge in [0.25, 0.3) is 5.91 Å². The van der Waals surface area contributed by atoms with E-state index in [4.69, 9.17) is 0 Å². The maximum atomic E-state index is 13.2. The molecule has 140 valence electrons. The molecule has 1 aliphatic carbocycles. The number of rotatable bonds is 4. The molecule has 4 atom stereocenters. The molecule has 4 unspecified atom stereocenters. The van der Waals surface area contributed by atoms with Gasteiger partial charge in [-0.05, 0) is 56.7 Å². The summed E-state index contributed by atoms with van der Waals surface area (Å²) in [6.07, 6.45) is 7.63. The second-order valence-corrected chi connectivity index (χ2v) is 7.98. The van der Waals surface area contributed by atoms with Gasteiger partial charge in [-0.1, -0.05) is 31.0 Å². The second-order valence-electron chi connectivity index (χ2n) is 7.98. The minimum atomic E-state index is -0.322. The molecule has 5 heteroatoms. The number of hydrogen-bond donors (Lipinski definition) is 2. The molecule has 0 bridgehead atoms. The highest BCUT2D eigenvalue weighted by molar-refractivity contribution is 5.98. The van der Waals surface area contributed by atoms with Crippen LogP contribution in [-0.2, 0) is 4.79 Å². The summed E-state index contributed by atoms with van der Waals surface area (Å²) in [5.74, 6) is 0.508.